The molecule has 37 heavy (non-hydrogen) atoms. The van der Waals surface area contributed by atoms with Crippen molar-refractivity contribution in [1.82, 2.24) is 14.5 Å². The predicted octanol–water partition coefficient (Wildman–Crippen LogP) is 2.55. The summed E-state index contributed by atoms with van der Waals surface area (Å²) in [5.74, 6) is 1.01. The molecular weight excluding hydrogens is 488 g/mol. The molecule has 1 aliphatic rings. The van der Waals surface area contributed by atoms with E-state index in [2.05, 4.69) is 5.32 Å². The molecule has 2 aromatic carbocycles. The van der Waals surface area contributed by atoms with Crippen LogP contribution in [0.2, 0.25) is 0 Å². The molecule has 200 valence electrons. The minimum atomic E-state index is -2.70. The molecule has 2 N–H and O–H groups in total. The van der Waals surface area contributed by atoms with Crippen LogP contribution in [0.25, 0.3) is 10.9 Å². The molecule has 0 spiro atoms. The number of ether oxygens (including phenoxy) is 3. The molecule has 0 radical (unpaired) electrons. The van der Waals surface area contributed by atoms with Crippen molar-refractivity contribution in [3.05, 3.63) is 62.8 Å². The zero-order valence-corrected chi connectivity index (χ0v) is 20.6. The summed E-state index contributed by atoms with van der Waals surface area (Å²) in [5.41, 5.74) is -0.188. The number of nitrogens with one attached hydrogen (secondary N) is 1. The summed E-state index contributed by atoms with van der Waals surface area (Å²) in [7, 11) is 1.51. The van der Waals surface area contributed by atoms with E-state index in [1.165, 1.54) is 17.7 Å². The van der Waals surface area contributed by atoms with Crippen LogP contribution in [0.4, 0.5) is 8.78 Å². The normalized spacial score (nSPS) is 14.3. The van der Waals surface area contributed by atoms with Crippen LogP contribution >= 0.6 is 0 Å². The number of rotatable bonds is 11. The Morgan fingerprint density at radius 2 is 1.86 bits per heavy atom. The number of piperidine rings is 1. The third kappa shape index (κ3) is 5.94. The van der Waals surface area contributed by atoms with E-state index in [-0.39, 0.29) is 42.5 Å². The Morgan fingerprint density at radius 3 is 2.57 bits per heavy atom. The Labute approximate surface area is 212 Å². The monoisotopic (exact) mass is 519 g/mol. The van der Waals surface area contributed by atoms with Crippen molar-refractivity contribution >= 4 is 10.9 Å². The molecule has 1 saturated heterocycles. The first-order valence-electron chi connectivity index (χ1n) is 12.2. The minimum absolute atomic E-state index is 0.0201. The number of methoxy groups -OCH3 is 1. The van der Waals surface area contributed by atoms with Crippen molar-refractivity contribution in [2.24, 2.45) is 0 Å². The first kappa shape index (κ1) is 26.6. The van der Waals surface area contributed by atoms with E-state index in [9.17, 15) is 18.4 Å². The van der Waals surface area contributed by atoms with Crippen LogP contribution in [0.5, 0.6) is 17.2 Å². The van der Waals surface area contributed by atoms with E-state index in [1.807, 2.05) is 0 Å². The maximum Gasteiger partial charge on any atom is 0.332 e. The van der Waals surface area contributed by atoms with Gasteiger partial charge in [-0.1, -0.05) is 12.1 Å². The van der Waals surface area contributed by atoms with Crippen molar-refractivity contribution in [2.75, 3.05) is 40.0 Å². The van der Waals surface area contributed by atoms with Crippen LogP contribution in [-0.2, 0) is 6.54 Å². The second kappa shape index (κ2) is 12.2. The highest BCUT2D eigenvalue weighted by molar-refractivity contribution is 5.84. The molecule has 3 aromatic rings. The summed E-state index contributed by atoms with van der Waals surface area (Å²) < 4.78 is 44.9. The second-order valence-electron chi connectivity index (χ2n) is 8.79. The molecule has 9 nitrogen and oxygen atoms in total. The van der Waals surface area contributed by atoms with Crippen molar-refractivity contribution in [1.29, 1.82) is 0 Å². The number of alkyl halides is 2. The Balaban J connectivity index is 1.83. The summed E-state index contributed by atoms with van der Waals surface area (Å²) in [6.07, 6.45) is -0.976. The van der Waals surface area contributed by atoms with Gasteiger partial charge in [-0.25, -0.2) is 13.6 Å². The summed E-state index contributed by atoms with van der Waals surface area (Å²) in [5, 5.41) is 12.5. The molecule has 0 bridgehead atoms. The Morgan fingerprint density at radius 1 is 1.08 bits per heavy atom. The van der Waals surface area contributed by atoms with Gasteiger partial charge >= 0.3 is 5.69 Å². The van der Waals surface area contributed by atoms with Crippen molar-refractivity contribution in [3.8, 4) is 17.2 Å². The van der Waals surface area contributed by atoms with Gasteiger partial charge in [0.05, 0.1) is 25.6 Å². The number of aliphatic hydroxyl groups is 1. The summed E-state index contributed by atoms with van der Waals surface area (Å²) in [6.45, 7) is 0.758. The Kier molecular flexibility index (Phi) is 8.78. The van der Waals surface area contributed by atoms with Gasteiger partial charge in [-0.05, 0) is 55.8 Å². The van der Waals surface area contributed by atoms with E-state index < -0.39 is 24.3 Å². The number of aromatic nitrogens is 2. The fraction of sp³-hybridized carbons (Fsp3) is 0.462. The van der Waals surface area contributed by atoms with Gasteiger partial charge in [-0.3, -0.25) is 13.9 Å². The van der Waals surface area contributed by atoms with Gasteiger partial charge in [0.1, 0.15) is 17.9 Å². The smallest absolute Gasteiger partial charge is 0.332 e. The van der Waals surface area contributed by atoms with E-state index in [0.29, 0.717) is 49.4 Å². The van der Waals surface area contributed by atoms with Crippen LogP contribution in [0.1, 0.15) is 30.9 Å². The number of halogens is 2. The maximum absolute atomic E-state index is 13.8. The van der Waals surface area contributed by atoms with E-state index in [1.54, 1.807) is 30.3 Å². The number of nitrogens with zero attached hydrogens (tertiary/aromatic N) is 2. The van der Waals surface area contributed by atoms with Crippen molar-refractivity contribution in [2.45, 2.75) is 38.3 Å². The topological polar surface area (TPSA) is 104 Å². The average Bonchev–Trinajstić information content (AvgIpc) is 2.91. The lowest BCUT2D eigenvalue weighted by Gasteiger charge is -2.27. The largest absolute Gasteiger partial charge is 0.493 e. The number of hydrogen-bond acceptors (Lipinski definition) is 7. The maximum atomic E-state index is 13.8. The molecule has 0 atom stereocenters. The lowest BCUT2D eigenvalue weighted by molar-refractivity contribution is 0.0824. The SMILES string of the molecule is COc1ccc(Cn2c(=O)c3cccc(OCC(F)F)c3n(C3CCNCC3)c2=O)cc1OCCCO. The van der Waals surface area contributed by atoms with Crippen LogP contribution in [0, 0.1) is 0 Å². The van der Waals surface area contributed by atoms with Crippen LogP contribution in [0.3, 0.4) is 0 Å². The van der Waals surface area contributed by atoms with Crippen molar-refractivity contribution < 1.29 is 28.1 Å². The first-order valence-corrected chi connectivity index (χ1v) is 12.2. The standard InChI is InChI=1S/C26H31F2N3O6/c1-35-20-7-6-17(14-22(20)36-13-3-12-32)15-30-25(33)19-4-2-5-21(37-16-23(27)28)24(19)31(26(30)34)18-8-10-29-11-9-18/h2,4-7,14,18,23,29,32H,3,8-13,15-16H2,1H3. The van der Waals surface area contributed by atoms with Gasteiger partial charge in [0.15, 0.2) is 11.5 Å². The van der Waals surface area contributed by atoms with Crippen molar-refractivity contribution in [3.63, 3.8) is 0 Å². The van der Waals surface area contributed by atoms with Gasteiger partial charge in [-0.15, -0.1) is 0 Å². The highest BCUT2D eigenvalue weighted by Crippen LogP contribution is 2.30. The number of aliphatic hydroxyl groups excluding tert-OH is 1. The average molecular weight is 520 g/mol. The Bertz CT molecular complexity index is 1330. The summed E-state index contributed by atoms with van der Waals surface area (Å²) >= 11 is 0. The fourth-order valence-electron chi connectivity index (χ4n) is 4.58. The number of benzene rings is 2. The summed E-state index contributed by atoms with van der Waals surface area (Å²) in [6, 6.07) is 9.55. The molecule has 0 saturated carbocycles. The van der Waals surface area contributed by atoms with Gasteiger partial charge in [0, 0.05) is 19.1 Å². The lowest BCUT2D eigenvalue weighted by atomic mass is 10.1. The zero-order valence-electron chi connectivity index (χ0n) is 20.6. The molecule has 1 aliphatic heterocycles. The molecule has 1 aromatic heterocycles. The lowest BCUT2D eigenvalue weighted by Crippen LogP contribution is -2.44. The minimum Gasteiger partial charge on any atom is -0.493 e. The van der Waals surface area contributed by atoms with Gasteiger partial charge in [-0.2, -0.15) is 0 Å². The van der Waals surface area contributed by atoms with Gasteiger partial charge in [0.2, 0.25) is 0 Å². The van der Waals surface area contributed by atoms with Gasteiger partial charge in [0.25, 0.3) is 12.0 Å². The highest BCUT2D eigenvalue weighted by atomic mass is 19.3. The zero-order chi connectivity index (χ0) is 26.4. The molecule has 0 unspecified atom stereocenters. The van der Waals surface area contributed by atoms with E-state index in [4.69, 9.17) is 19.3 Å². The van der Waals surface area contributed by atoms with E-state index in [0.717, 1.165) is 4.57 Å². The van der Waals surface area contributed by atoms with Crippen LogP contribution in [0.15, 0.2) is 46.0 Å². The molecular formula is C26H31F2N3O6. The van der Waals surface area contributed by atoms with Crippen LogP contribution < -0.4 is 30.8 Å². The molecule has 1 fully saturated rings. The quantitative estimate of drug-likeness (QED) is 0.375. The van der Waals surface area contributed by atoms with Gasteiger partial charge < -0.3 is 24.6 Å². The predicted molar refractivity (Wildman–Crippen MR) is 134 cm³/mol. The molecule has 0 amide bonds. The number of para-hydroxylation sites is 1. The third-order valence-corrected chi connectivity index (χ3v) is 6.32. The van der Waals surface area contributed by atoms with E-state index >= 15 is 0 Å². The second-order valence-corrected chi connectivity index (χ2v) is 8.79. The number of fused-ring (bicyclic) bond motifs is 1. The first-order chi connectivity index (χ1) is 17.9. The molecule has 4 rings (SSSR count). The highest BCUT2D eigenvalue weighted by Gasteiger charge is 2.24. The third-order valence-electron chi connectivity index (χ3n) is 6.32. The summed E-state index contributed by atoms with van der Waals surface area (Å²) in [4.78, 5) is 27.4. The molecule has 2 heterocycles. The molecule has 11 heteroatoms. The number of hydrogen-bond donors (Lipinski definition) is 2. The molecule has 0 aliphatic carbocycles. The fourth-order valence-corrected chi connectivity index (χ4v) is 4.58. The Hall–Kier alpha value is -3.44. The van der Waals surface area contributed by atoms with Crippen LogP contribution in [-0.4, -0.2) is 60.7 Å².